The van der Waals surface area contributed by atoms with Crippen LogP contribution in [0.25, 0.3) is 0 Å². The molecule has 1 heterocycles. The largest absolute Gasteiger partial charge is 0.362 e. The van der Waals surface area contributed by atoms with Crippen LogP contribution in [-0.2, 0) is 9.59 Å². The van der Waals surface area contributed by atoms with Gasteiger partial charge in [-0.15, -0.1) is 0 Å². The van der Waals surface area contributed by atoms with Gasteiger partial charge in [0.05, 0.1) is 4.92 Å². The first-order valence-corrected chi connectivity index (χ1v) is 11.2. The molecule has 0 radical (unpaired) electrons. The molecule has 35 heavy (non-hydrogen) atoms. The Balaban J connectivity index is 1.90. The van der Waals surface area contributed by atoms with Crippen molar-refractivity contribution in [1.29, 1.82) is 0 Å². The van der Waals surface area contributed by atoms with E-state index in [1.165, 1.54) is 18.2 Å². The van der Waals surface area contributed by atoms with Crippen molar-refractivity contribution in [1.82, 2.24) is 5.32 Å². The smallest absolute Gasteiger partial charge is 0.269 e. The Morgan fingerprint density at radius 3 is 2.49 bits per heavy atom. The van der Waals surface area contributed by atoms with E-state index < -0.39 is 34.1 Å². The Morgan fingerprint density at radius 2 is 1.86 bits per heavy atom. The number of dihydropyridines is 1. The molecule has 2 aromatic carbocycles. The van der Waals surface area contributed by atoms with Gasteiger partial charge in [-0.1, -0.05) is 31.5 Å². The lowest BCUT2D eigenvalue weighted by Crippen LogP contribution is -2.39. The Kier molecular flexibility index (Phi) is 6.23. The standard InChI is InChI=1S/C25H22ClF2N3O4/c1-12-20(24(33)30-23-16(27)5-4-6-17(23)28)21(14-9-13(31(34)35)7-8-15(14)26)22-18(29-12)10-25(2,3)11-19(22)32/h4-9,21,29H,10-11H2,1-3H3,(H,30,33). The van der Waals surface area contributed by atoms with E-state index >= 15 is 0 Å². The van der Waals surface area contributed by atoms with Crippen LogP contribution in [0, 0.1) is 27.2 Å². The monoisotopic (exact) mass is 501 g/mol. The van der Waals surface area contributed by atoms with E-state index in [-0.39, 0.29) is 45.0 Å². The molecule has 0 saturated carbocycles. The summed E-state index contributed by atoms with van der Waals surface area (Å²) in [5.74, 6) is -4.12. The number of ketones is 1. The molecule has 0 fully saturated rings. The molecule has 1 amide bonds. The molecular weight excluding hydrogens is 480 g/mol. The number of Topliss-reactive ketones (excluding diaryl/α,β-unsaturated/α-hetero) is 1. The van der Waals surface area contributed by atoms with Gasteiger partial charge in [-0.05, 0) is 42.5 Å². The van der Waals surface area contributed by atoms with Crippen LogP contribution in [0.15, 0.2) is 58.9 Å². The van der Waals surface area contributed by atoms with Gasteiger partial charge in [0.2, 0.25) is 0 Å². The summed E-state index contributed by atoms with van der Waals surface area (Å²) >= 11 is 6.45. The van der Waals surface area contributed by atoms with Gasteiger partial charge < -0.3 is 10.6 Å². The number of rotatable bonds is 4. The number of halogens is 3. The third-order valence-electron chi connectivity index (χ3n) is 6.19. The highest BCUT2D eigenvalue weighted by atomic mass is 35.5. The minimum Gasteiger partial charge on any atom is -0.362 e. The van der Waals surface area contributed by atoms with E-state index in [4.69, 9.17) is 11.6 Å². The molecule has 1 aliphatic heterocycles. The summed E-state index contributed by atoms with van der Waals surface area (Å²) in [4.78, 5) is 37.7. The van der Waals surface area contributed by atoms with Crippen molar-refractivity contribution in [2.24, 2.45) is 5.41 Å². The maximum Gasteiger partial charge on any atom is 0.269 e. The fraction of sp³-hybridized carbons (Fsp3) is 0.280. The van der Waals surface area contributed by atoms with Crippen LogP contribution in [0.1, 0.15) is 45.1 Å². The number of anilines is 1. The zero-order valence-electron chi connectivity index (χ0n) is 19.2. The fourth-order valence-electron chi connectivity index (χ4n) is 4.71. The molecule has 0 bridgehead atoms. The fourth-order valence-corrected chi connectivity index (χ4v) is 4.94. The highest BCUT2D eigenvalue weighted by Gasteiger charge is 2.43. The summed E-state index contributed by atoms with van der Waals surface area (Å²) in [6.45, 7) is 5.47. The molecule has 2 N–H and O–H groups in total. The van der Waals surface area contributed by atoms with Gasteiger partial charge in [-0.25, -0.2) is 8.78 Å². The lowest BCUT2D eigenvalue weighted by Gasteiger charge is -2.39. The number of allylic oxidation sites excluding steroid dienone is 3. The van der Waals surface area contributed by atoms with Gasteiger partial charge >= 0.3 is 0 Å². The van der Waals surface area contributed by atoms with E-state index in [1.54, 1.807) is 6.92 Å². The average Bonchev–Trinajstić information content (AvgIpc) is 2.74. The van der Waals surface area contributed by atoms with E-state index in [2.05, 4.69) is 10.6 Å². The minimum atomic E-state index is -1.07. The molecule has 1 atom stereocenters. The lowest BCUT2D eigenvalue weighted by molar-refractivity contribution is -0.384. The van der Waals surface area contributed by atoms with Crippen molar-refractivity contribution in [2.75, 3.05) is 5.32 Å². The first kappa shape index (κ1) is 24.5. The average molecular weight is 502 g/mol. The molecule has 1 unspecified atom stereocenters. The number of hydrogen-bond acceptors (Lipinski definition) is 5. The molecular formula is C25H22ClF2N3O4. The number of hydrogen-bond donors (Lipinski definition) is 2. The number of carbonyl (C=O) groups is 2. The molecule has 2 aromatic rings. The maximum absolute atomic E-state index is 14.3. The Bertz CT molecular complexity index is 1330. The first-order valence-electron chi connectivity index (χ1n) is 10.8. The number of amides is 1. The molecule has 0 spiro atoms. The van der Waals surface area contributed by atoms with Gasteiger partial charge in [0, 0.05) is 52.0 Å². The highest BCUT2D eigenvalue weighted by molar-refractivity contribution is 6.31. The molecule has 2 aliphatic rings. The molecule has 0 aromatic heterocycles. The summed E-state index contributed by atoms with van der Waals surface area (Å²) in [5.41, 5.74) is 0.0978. The van der Waals surface area contributed by atoms with Crippen molar-refractivity contribution < 1.29 is 23.3 Å². The van der Waals surface area contributed by atoms with Gasteiger partial charge in [0.15, 0.2) is 5.78 Å². The summed E-state index contributed by atoms with van der Waals surface area (Å²) in [5, 5.41) is 17.0. The van der Waals surface area contributed by atoms with Crippen molar-refractivity contribution >= 4 is 34.7 Å². The summed E-state index contributed by atoms with van der Waals surface area (Å²) in [7, 11) is 0. The number of carbonyl (C=O) groups excluding carboxylic acids is 2. The number of nitro benzene ring substituents is 1. The third kappa shape index (κ3) is 4.55. The maximum atomic E-state index is 14.3. The van der Waals surface area contributed by atoms with Gasteiger partial charge in [-0.2, -0.15) is 0 Å². The van der Waals surface area contributed by atoms with Crippen molar-refractivity contribution in [3.05, 3.63) is 91.3 Å². The molecule has 4 rings (SSSR count). The number of nitrogens with zero attached hydrogens (tertiary/aromatic N) is 1. The van der Waals surface area contributed by atoms with E-state index in [1.807, 2.05) is 13.8 Å². The van der Waals surface area contributed by atoms with Crippen molar-refractivity contribution in [3.8, 4) is 0 Å². The highest BCUT2D eigenvalue weighted by Crippen LogP contribution is 2.48. The van der Waals surface area contributed by atoms with E-state index in [0.29, 0.717) is 17.8 Å². The second kappa shape index (κ2) is 8.88. The zero-order valence-corrected chi connectivity index (χ0v) is 19.9. The van der Waals surface area contributed by atoms with Gasteiger partial charge in [-0.3, -0.25) is 19.7 Å². The van der Waals surface area contributed by atoms with Crippen LogP contribution in [0.3, 0.4) is 0 Å². The number of para-hydroxylation sites is 1. The molecule has 0 saturated heterocycles. The normalized spacial score (nSPS) is 19.3. The third-order valence-corrected chi connectivity index (χ3v) is 6.53. The number of nitrogens with one attached hydrogen (secondary N) is 2. The van der Waals surface area contributed by atoms with Crippen LogP contribution >= 0.6 is 11.6 Å². The van der Waals surface area contributed by atoms with E-state index in [9.17, 15) is 28.5 Å². The second-order valence-electron chi connectivity index (χ2n) is 9.44. The van der Waals surface area contributed by atoms with Gasteiger partial charge in [0.25, 0.3) is 11.6 Å². The first-order chi connectivity index (χ1) is 16.4. The number of non-ortho nitro benzene ring substituents is 1. The molecule has 1 aliphatic carbocycles. The summed E-state index contributed by atoms with van der Waals surface area (Å²) in [6, 6.07) is 6.94. The predicted octanol–water partition coefficient (Wildman–Crippen LogP) is 5.77. The van der Waals surface area contributed by atoms with Crippen molar-refractivity contribution in [2.45, 2.75) is 39.5 Å². The van der Waals surface area contributed by atoms with Crippen LogP contribution in [-0.4, -0.2) is 16.6 Å². The zero-order chi connectivity index (χ0) is 25.7. The predicted molar refractivity (Wildman–Crippen MR) is 127 cm³/mol. The number of nitro groups is 1. The molecule has 182 valence electrons. The molecule has 10 heteroatoms. The van der Waals surface area contributed by atoms with Crippen LogP contribution < -0.4 is 10.6 Å². The Hall–Kier alpha value is -3.59. The van der Waals surface area contributed by atoms with Crippen LogP contribution in [0.5, 0.6) is 0 Å². The molecule has 7 nitrogen and oxygen atoms in total. The minimum absolute atomic E-state index is 0.0122. The van der Waals surface area contributed by atoms with E-state index in [0.717, 1.165) is 18.2 Å². The van der Waals surface area contributed by atoms with Gasteiger partial charge in [0.1, 0.15) is 17.3 Å². The lowest BCUT2D eigenvalue weighted by atomic mass is 9.68. The quantitative estimate of drug-likeness (QED) is 0.409. The summed E-state index contributed by atoms with van der Waals surface area (Å²) < 4.78 is 28.5. The number of benzene rings is 2. The van der Waals surface area contributed by atoms with Crippen LogP contribution in [0.2, 0.25) is 5.02 Å². The topological polar surface area (TPSA) is 101 Å². The second-order valence-corrected chi connectivity index (χ2v) is 9.85. The van der Waals surface area contributed by atoms with Crippen LogP contribution in [0.4, 0.5) is 20.2 Å². The summed E-state index contributed by atoms with van der Waals surface area (Å²) in [6.07, 6.45) is 0.678. The SMILES string of the molecule is CC1=C(C(=O)Nc2c(F)cccc2F)C(c2cc([N+](=O)[O-])ccc2Cl)C2=C(CC(C)(C)CC2=O)N1. The van der Waals surface area contributed by atoms with Crippen molar-refractivity contribution in [3.63, 3.8) is 0 Å². The Morgan fingerprint density at radius 1 is 1.20 bits per heavy atom. The Labute approximate surface area is 205 Å².